The molecule has 6 rings (SSSR count). The minimum absolute atomic E-state index is 0.0165. The van der Waals surface area contributed by atoms with E-state index in [0.29, 0.717) is 30.9 Å². The van der Waals surface area contributed by atoms with E-state index < -0.39 is 41.3 Å². The summed E-state index contributed by atoms with van der Waals surface area (Å²) in [6.45, 7) is 0.639. The predicted octanol–water partition coefficient (Wildman–Crippen LogP) is 3.36. The topological polar surface area (TPSA) is 94.5 Å². The van der Waals surface area contributed by atoms with Crippen molar-refractivity contribution in [2.24, 2.45) is 0 Å². The zero-order chi connectivity index (χ0) is 27.7. The molecule has 0 amide bonds. The molecule has 1 N–H and O–H groups in total. The summed E-state index contributed by atoms with van der Waals surface area (Å²) in [6, 6.07) is 10.8. The fourth-order valence-electron chi connectivity index (χ4n) is 6.81. The number of rotatable bonds is 5. The van der Waals surface area contributed by atoms with Gasteiger partial charge in [0.2, 0.25) is 6.10 Å². The van der Waals surface area contributed by atoms with Gasteiger partial charge in [-0.3, -0.25) is 0 Å². The first kappa shape index (κ1) is 25.7. The highest BCUT2D eigenvalue weighted by Gasteiger charge is 2.72. The zero-order valence-electron chi connectivity index (χ0n) is 21.2. The number of likely N-dealkylation sites (N-methyl/N-ethyl adjacent to an activating group) is 1. The molecule has 0 aromatic heterocycles. The van der Waals surface area contributed by atoms with Crippen LogP contribution in [0.1, 0.15) is 35.6 Å². The van der Waals surface area contributed by atoms with Crippen LogP contribution in [-0.4, -0.2) is 66.6 Å². The summed E-state index contributed by atoms with van der Waals surface area (Å²) < 4.78 is 61.4. The molecule has 2 aliphatic carbocycles. The van der Waals surface area contributed by atoms with Crippen molar-refractivity contribution in [1.82, 2.24) is 4.90 Å². The van der Waals surface area contributed by atoms with Crippen LogP contribution in [0.5, 0.6) is 11.5 Å². The largest absolute Gasteiger partial charge is 0.493 e. The van der Waals surface area contributed by atoms with Gasteiger partial charge in [-0.2, -0.15) is 13.2 Å². The van der Waals surface area contributed by atoms with Crippen molar-refractivity contribution in [1.29, 1.82) is 0 Å². The lowest BCUT2D eigenvalue weighted by atomic mass is 9.50. The number of esters is 2. The first-order chi connectivity index (χ1) is 18.5. The number of halogens is 3. The number of nitrogens with zero attached hydrogens (tertiary/aromatic N) is 1. The number of alkyl halides is 3. The van der Waals surface area contributed by atoms with Crippen LogP contribution >= 0.6 is 0 Å². The standard InChI is InChI=1S/C28H26F3NO7/c1-32-13-12-26-20-16-8-9-17(36-2)22(20)38-23(26)18(10-11-27(26,35)19(32)14-16)37-24(33)21(15-6-4-3-5-7-15)39-25(34)28(29,30)31/h3-10,19,21,23,35H,11-14H2,1-2H3/t19-,21?,23+,26+,27-/m1/s1. The molecule has 11 heteroatoms. The summed E-state index contributed by atoms with van der Waals surface area (Å²) in [7, 11) is 3.46. The Kier molecular flexibility index (Phi) is 5.74. The lowest BCUT2D eigenvalue weighted by molar-refractivity contribution is -0.208. The van der Waals surface area contributed by atoms with E-state index in [1.807, 2.05) is 13.1 Å². The van der Waals surface area contributed by atoms with E-state index in [9.17, 15) is 27.9 Å². The van der Waals surface area contributed by atoms with Crippen molar-refractivity contribution in [3.8, 4) is 11.5 Å². The van der Waals surface area contributed by atoms with Crippen molar-refractivity contribution in [3.63, 3.8) is 0 Å². The maximum Gasteiger partial charge on any atom is 0.490 e. The summed E-state index contributed by atoms with van der Waals surface area (Å²) in [6.07, 6.45) is -5.48. The van der Waals surface area contributed by atoms with E-state index in [1.165, 1.54) is 31.4 Å². The average molecular weight is 546 g/mol. The zero-order valence-corrected chi connectivity index (χ0v) is 21.2. The Morgan fingerprint density at radius 1 is 1.18 bits per heavy atom. The SMILES string of the molecule is COc1ccc2c3c1O[C@H]1C(OC(=O)C(OC(=O)C(F)(F)F)c4ccccc4)=CC[C@@]4(O)[C@@H](C2)N(C)CC[C@]314. The fourth-order valence-corrected chi connectivity index (χ4v) is 6.81. The van der Waals surface area contributed by atoms with E-state index in [-0.39, 0.29) is 23.8 Å². The Morgan fingerprint density at radius 3 is 2.62 bits per heavy atom. The minimum Gasteiger partial charge on any atom is -0.493 e. The molecule has 2 aromatic rings. The van der Waals surface area contributed by atoms with Gasteiger partial charge in [-0.05, 0) is 44.1 Å². The van der Waals surface area contributed by atoms with Crippen LogP contribution in [0.25, 0.3) is 0 Å². The number of carbonyl (C=O) groups excluding carboxylic acids is 2. The smallest absolute Gasteiger partial charge is 0.490 e. The van der Waals surface area contributed by atoms with Crippen LogP contribution in [0, 0.1) is 0 Å². The van der Waals surface area contributed by atoms with E-state index in [4.69, 9.17) is 14.2 Å². The molecule has 1 saturated heterocycles. The second-order valence-corrected chi connectivity index (χ2v) is 10.4. The normalized spacial score (nSPS) is 29.4. The van der Waals surface area contributed by atoms with Crippen LogP contribution < -0.4 is 9.47 Å². The molecule has 4 aliphatic rings. The van der Waals surface area contributed by atoms with Crippen LogP contribution in [0.15, 0.2) is 54.3 Å². The molecule has 206 valence electrons. The van der Waals surface area contributed by atoms with E-state index in [2.05, 4.69) is 9.64 Å². The number of aliphatic hydroxyl groups is 1. The van der Waals surface area contributed by atoms with Crippen LogP contribution in [-0.2, 0) is 30.9 Å². The number of methoxy groups -OCH3 is 1. The first-order valence-electron chi connectivity index (χ1n) is 12.6. The molecular weight excluding hydrogens is 519 g/mol. The number of likely N-dealkylation sites (tertiary alicyclic amines) is 1. The molecule has 1 fully saturated rings. The van der Waals surface area contributed by atoms with Gasteiger partial charge in [-0.25, -0.2) is 9.59 Å². The van der Waals surface area contributed by atoms with Crippen molar-refractivity contribution < 1.29 is 46.8 Å². The first-order valence-corrected chi connectivity index (χ1v) is 12.6. The van der Waals surface area contributed by atoms with Gasteiger partial charge >= 0.3 is 18.1 Å². The molecule has 2 heterocycles. The van der Waals surface area contributed by atoms with Gasteiger partial charge in [0.05, 0.1) is 18.1 Å². The van der Waals surface area contributed by atoms with E-state index >= 15 is 0 Å². The number of hydrogen-bond acceptors (Lipinski definition) is 8. The summed E-state index contributed by atoms with van der Waals surface area (Å²) in [5, 5.41) is 12.3. The molecule has 39 heavy (non-hydrogen) atoms. The Morgan fingerprint density at radius 2 is 1.92 bits per heavy atom. The summed E-state index contributed by atoms with van der Waals surface area (Å²) in [4.78, 5) is 27.2. The molecule has 0 radical (unpaired) electrons. The van der Waals surface area contributed by atoms with Crippen molar-refractivity contribution in [2.75, 3.05) is 20.7 Å². The number of ether oxygens (including phenoxy) is 4. The molecular formula is C28H26F3NO7. The Balaban J connectivity index is 1.40. The van der Waals surface area contributed by atoms with Crippen LogP contribution in [0.3, 0.4) is 0 Å². The van der Waals surface area contributed by atoms with Gasteiger partial charge in [-0.15, -0.1) is 0 Å². The predicted molar refractivity (Wildman–Crippen MR) is 129 cm³/mol. The highest BCUT2D eigenvalue weighted by molar-refractivity contribution is 5.83. The van der Waals surface area contributed by atoms with Gasteiger partial charge in [0.25, 0.3) is 0 Å². The molecule has 1 unspecified atom stereocenters. The van der Waals surface area contributed by atoms with Gasteiger partial charge < -0.3 is 29.0 Å². The molecule has 8 nitrogen and oxygen atoms in total. The molecule has 5 atom stereocenters. The fraction of sp³-hybridized carbons (Fsp3) is 0.429. The lowest BCUT2D eigenvalue weighted by Crippen LogP contribution is -2.74. The molecule has 2 aliphatic heterocycles. The Hall–Kier alpha value is -3.57. The summed E-state index contributed by atoms with van der Waals surface area (Å²) >= 11 is 0. The van der Waals surface area contributed by atoms with Gasteiger partial charge in [-0.1, -0.05) is 36.4 Å². The second-order valence-electron chi connectivity index (χ2n) is 10.4. The summed E-state index contributed by atoms with van der Waals surface area (Å²) in [5.74, 6) is -2.76. The minimum atomic E-state index is -5.30. The maximum absolute atomic E-state index is 13.4. The third-order valence-corrected chi connectivity index (χ3v) is 8.55. The monoisotopic (exact) mass is 545 g/mol. The molecule has 2 bridgehead atoms. The van der Waals surface area contributed by atoms with E-state index in [0.717, 1.165) is 11.1 Å². The highest BCUT2D eigenvalue weighted by Crippen LogP contribution is 2.65. The lowest BCUT2D eigenvalue weighted by Gasteiger charge is -2.61. The Bertz CT molecular complexity index is 1380. The van der Waals surface area contributed by atoms with Crippen molar-refractivity contribution in [2.45, 2.75) is 54.7 Å². The van der Waals surface area contributed by atoms with Gasteiger partial charge in [0, 0.05) is 23.6 Å². The third-order valence-electron chi connectivity index (χ3n) is 8.55. The van der Waals surface area contributed by atoms with Crippen molar-refractivity contribution >= 4 is 11.9 Å². The third kappa shape index (κ3) is 3.59. The van der Waals surface area contributed by atoms with Gasteiger partial charge in [0.1, 0.15) is 5.76 Å². The molecule has 0 saturated carbocycles. The van der Waals surface area contributed by atoms with Crippen LogP contribution in [0.4, 0.5) is 13.2 Å². The van der Waals surface area contributed by atoms with Crippen LogP contribution in [0.2, 0.25) is 0 Å². The Labute approximate surface area is 221 Å². The average Bonchev–Trinajstić information content (AvgIpc) is 3.26. The molecule has 2 aromatic carbocycles. The number of carbonyl (C=O) groups is 2. The van der Waals surface area contributed by atoms with Gasteiger partial charge in [0.15, 0.2) is 17.6 Å². The quantitative estimate of drug-likeness (QED) is 0.572. The number of benzene rings is 2. The maximum atomic E-state index is 13.4. The second kappa shape index (κ2) is 8.72. The van der Waals surface area contributed by atoms with E-state index in [1.54, 1.807) is 18.2 Å². The number of piperidine rings is 1. The number of hydrogen-bond donors (Lipinski definition) is 1. The van der Waals surface area contributed by atoms with Crippen molar-refractivity contribution in [3.05, 3.63) is 71.0 Å². The summed E-state index contributed by atoms with van der Waals surface area (Å²) in [5.41, 5.74) is -0.418. The highest BCUT2D eigenvalue weighted by atomic mass is 19.4. The molecule has 1 spiro atoms.